The van der Waals surface area contributed by atoms with Gasteiger partial charge in [-0.05, 0) is 18.1 Å². The summed E-state index contributed by atoms with van der Waals surface area (Å²) >= 11 is 0. The van der Waals surface area contributed by atoms with Gasteiger partial charge in [-0.1, -0.05) is 20.8 Å². The highest BCUT2D eigenvalue weighted by Crippen LogP contribution is 2.37. The van der Waals surface area contributed by atoms with Gasteiger partial charge in [-0.2, -0.15) is 0 Å². The smallest absolute Gasteiger partial charge is 0.192 e. The largest absolute Gasteiger partial charge is 0.414 e. The van der Waals surface area contributed by atoms with Gasteiger partial charge >= 0.3 is 0 Å². The van der Waals surface area contributed by atoms with Crippen LogP contribution in [0.15, 0.2) is 0 Å². The molecule has 0 aliphatic carbocycles. The molecular weight excluding hydrogens is 238 g/mol. The summed E-state index contributed by atoms with van der Waals surface area (Å²) in [5.74, 6) is 0. The first-order chi connectivity index (χ1) is 7.56. The number of hydrogen-bond donors (Lipinski definition) is 1. The van der Waals surface area contributed by atoms with Gasteiger partial charge in [0.2, 0.25) is 0 Å². The molecule has 1 unspecified atom stereocenters. The maximum atomic E-state index is 13.4. The first kappa shape index (κ1) is 15.2. The van der Waals surface area contributed by atoms with E-state index in [9.17, 15) is 9.50 Å². The number of alkyl halides is 1. The molecule has 4 atom stereocenters. The Morgan fingerprint density at radius 2 is 1.94 bits per heavy atom. The van der Waals surface area contributed by atoms with Gasteiger partial charge in [-0.25, -0.2) is 4.39 Å². The molecule has 1 rings (SSSR count). The zero-order valence-corrected chi connectivity index (χ0v) is 12.7. The van der Waals surface area contributed by atoms with Crippen LogP contribution in [-0.4, -0.2) is 52.3 Å². The standard InChI is InChI=1S/C11H24BFO3Si/c1-11(2,3)17(4,5)15-6-7-9(14)8(13)10(12)16-7/h7-10,14H,6,12H2,1-5H3/t7-,8+,9?,10-/m1/s1. The maximum absolute atomic E-state index is 13.4. The number of aliphatic hydroxyl groups is 1. The molecule has 1 heterocycles. The van der Waals surface area contributed by atoms with Gasteiger partial charge in [0.05, 0.1) is 12.6 Å². The second-order valence-corrected chi connectivity index (χ2v) is 11.2. The zero-order valence-electron chi connectivity index (χ0n) is 11.7. The van der Waals surface area contributed by atoms with Crippen molar-refractivity contribution in [2.24, 2.45) is 0 Å². The minimum absolute atomic E-state index is 0.108. The van der Waals surface area contributed by atoms with Crippen LogP contribution in [0.25, 0.3) is 0 Å². The van der Waals surface area contributed by atoms with Crippen LogP contribution in [0.3, 0.4) is 0 Å². The Kier molecular flexibility index (Phi) is 4.45. The average molecular weight is 262 g/mol. The van der Waals surface area contributed by atoms with Crippen molar-refractivity contribution in [2.75, 3.05) is 6.61 Å². The first-order valence-electron chi connectivity index (χ1n) is 6.18. The summed E-state index contributed by atoms with van der Waals surface area (Å²) in [7, 11) is -0.221. The van der Waals surface area contributed by atoms with Crippen molar-refractivity contribution in [3.8, 4) is 0 Å². The Bertz CT molecular complexity index is 270. The molecule has 100 valence electrons. The number of aliphatic hydroxyl groups excluding tert-OH is 1. The van der Waals surface area contributed by atoms with E-state index >= 15 is 0 Å². The van der Waals surface area contributed by atoms with Crippen molar-refractivity contribution >= 4 is 16.2 Å². The van der Waals surface area contributed by atoms with E-state index in [2.05, 4.69) is 33.9 Å². The lowest BCUT2D eigenvalue weighted by atomic mass is 9.94. The van der Waals surface area contributed by atoms with E-state index in [1.54, 1.807) is 7.85 Å². The quantitative estimate of drug-likeness (QED) is 0.773. The summed E-state index contributed by atoms with van der Waals surface area (Å²) < 4.78 is 24.7. The van der Waals surface area contributed by atoms with E-state index in [0.717, 1.165) is 0 Å². The van der Waals surface area contributed by atoms with Crippen LogP contribution >= 0.6 is 0 Å². The molecule has 3 nitrogen and oxygen atoms in total. The summed E-state index contributed by atoms with van der Waals surface area (Å²) in [6.07, 6.45) is -2.90. The molecule has 1 aliphatic rings. The molecule has 0 bridgehead atoms. The molecule has 1 N–H and O–H groups in total. The molecule has 1 aliphatic heterocycles. The summed E-state index contributed by atoms with van der Waals surface area (Å²) in [5, 5.41) is 9.77. The fraction of sp³-hybridized carbons (Fsp3) is 1.00. The van der Waals surface area contributed by atoms with Crippen LogP contribution in [0.4, 0.5) is 4.39 Å². The summed E-state index contributed by atoms with van der Waals surface area (Å²) in [6, 6.07) is -0.544. The van der Waals surface area contributed by atoms with Crippen LogP contribution in [0.2, 0.25) is 18.1 Å². The van der Waals surface area contributed by atoms with Gasteiger partial charge in [0, 0.05) is 0 Å². The topological polar surface area (TPSA) is 38.7 Å². The Labute approximate surface area is 105 Å². The molecule has 1 fully saturated rings. The SMILES string of the molecule is B[C@@H]1O[C@H](CO[Si](C)(C)C(C)(C)C)C(O)[C@@H]1F. The number of ether oxygens (including phenoxy) is 1. The number of hydrogen-bond acceptors (Lipinski definition) is 3. The minimum Gasteiger partial charge on any atom is -0.414 e. The lowest BCUT2D eigenvalue weighted by Crippen LogP contribution is -2.44. The van der Waals surface area contributed by atoms with Crippen LogP contribution in [-0.2, 0) is 9.16 Å². The third-order valence-corrected chi connectivity index (χ3v) is 8.46. The normalized spacial score (nSPS) is 35.2. The minimum atomic E-state index is -1.86. The highest BCUT2D eigenvalue weighted by atomic mass is 28.4. The molecule has 0 spiro atoms. The van der Waals surface area contributed by atoms with Gasteiger partial charge in [0.1, 0.15) is 26.2 Å². The molecule has 0 amide bonds. The average Bonchev–Trinajstić information content (AvgIpc) is 2.41. The summed E-state index contributed by atoms with van der Waals surface area (Å²) in [4.78, 5) is 0. The van der Waals surface area contributed by atoms with Gasteiger partial charge < -0.3 is 14.3 Å². The van der Waals surface area contributed by atoms with E-state index in [-0.39, 0.29) is 11.6 Å². The second-order valence-electron chi connectivity index (χ2n) is 6.39. The van der Waals surface area contributed by atoms with Crippen molar-refractivity contribution in [1.29, 1.82) is 0 Å². The molecule has 17 heavy (non-hydrogen) atoms. The van der Waals surface area contributed by atoms with Crippen molar-refractivity contribution in [3.05, 3.63) is 0 Å². The van der Waals surface area contributed by atoms with E-state index < -0.39 is 32.7 Å². The highest BCUT2D eigenvalue weighted by Gasteiger charge is 2.44. The molecule has 0 saturated carbocycles. The van der Waals surface area contributed by atoms with Crippen molar-refractivity contribution < 1.29 is 18.7 Å². The van der Waals surface area contributed by atoms with Gasteiger partial charge in [0.15, 0.2) is 8.32 Å². The van der Waals surface area contributed by atoms with Crippen molar-refractivity contribution in [1.82, 2.24) is 0 Å². The Balaban J connectivity index is 2.53. The fourth-order valence-electron chi connectivity index (χ4n) is 1.56. The van der Waals surface area contributed by atoms with Crippen LogP contribution in [0, 0.1) is 0 Å². The zero-order chi connectivity index (χ0) is 13.4. The first-order valence-corrected chi connectivity index (χ1v) is 9.08. The molecule has 0 aromatic heterocycles. The van der Waals surface area contributed by atoms with Gasteiger partial charge in [-0.3, -0.25) is 0 Å². The molecule has 0 radical (unpaired) electrons. The third-order valence-electron chi connectivity index (χ3n) is 3.96. The molecule has 6 heteroatoms. The second kappa shape index (κ2) is 4.99. The van der Waals surface area contributed by atoms with Crippen LogP contribution in [0.5, 0.6) is 0 Å². The third kappa shape index (κ3) is 3.31. The Morgan fingerprint density at radius 3 is 2.29 bits per heavy atom. The number of rotatable bonds is 3. The predicted molar refractivity (Wildman–Crippen MR) is 71.3 cm³/mol. The van der Waals surface area contributed by atoms with Gasteiger partial charge in [0.25, 0.3) is 0 Å². The molecular formula is C11H24BFO3Si. The summed E-state index contributed by atoms with van der Waals surface area (Å²) in [6.45, 7) is 11.0. The monoisotopic (exact) mass is 262 g/mol. The van der Waals surface area contributed by atoms with Crippen LogP contribution in [0.1, 0.15) is 20.8 Å². The maximum Gasteiger partial charge on any atom is 0.192 e. The summed E-state index contributed by atoms with van der Waals surface area (Å²) in [5.41, 5.74) is 0. The number of halogens is 1. The van der Waals surface area contributed by atoms with E-state index in [1.807, 2.05) is 0 Å². The van der Waals surface area contributed by atoms with Gasteiger partial charge in [-0.15, -0.1) is 0 Å². The Hall–Kier alpha value is 0.0918. The predicted octanol–water partition coefficient (Wildman–Crippen LogP) is 1.07. The van der Waals surface area contributed by atoms with E-state index in [4.69, 9.17) is 9.16 Å². The van der Waals surface area contributed by atoms with E-state index in [0.29, 0.717) is 0 Å². The van der Waals surface area contributed by atoms with Crippen molar-refractivity contribution in [3.63, 3.8) is 0 Å². The lowest BCUT2D eigenvalue weighted by molar-refractivity contribution is -0.00237. The fourth-order valence-corrected chi connectivity index (χ4v) is 2.57. The Morgan fingerprint density at radius 1 is 1.41 bits per heavy atom. The molecule has 1 saturated heterocycles. The highest BCUT2D eigenvalue weighted by molar-refractivity contribution is 6.74. The van der Waals surface area contributed by atoms with E-state index in [1.165, 1.54) is 0 Å². The lowest BCUT2D eigenvalue weighted by Gasteiger charge is -2.37. The van der Waals surface area contributed by atoms with Crippen LogP contribution < -0.4 is 0 Å². The molecule has 0 aromatic carbocycles. The molecule has 0 aromatic rings. The van der Waals surface area contributed by atoms with Crippen molar-refractivity contribution in [2.45, 2.75) is 63.3 Å².